The van der Waals surface area contributed by atoms with Crippen LogP contribution >= 0.6 is 11.3 Å². The molecule has 0 saturated carbocycles. The van der Waals surface area contributed by atoms with Gasteiger partial charge in [-0.25, -0.2) is 13.4 Å². The highest BCUT2D eigenvalue weighted by molar-refractivity contribution is 7.94. The largest absolute Gasteiger partial charge is 0.457 e. The zero-order chi connectivity index (χ0) is 26.6. The molecular formula is C26H39NO6S2. The summed E-state index contributed by atoms with van der Waals surface area (Å²) in [6, 6.07) is 0. The number of aliphatic hydroxyl groups is 1. The number of sulfone groups is 1. The van der Waals surface area contributed by atoms with Crippen LogP contribution in [0.4, 0.5) is 0 Å². The number of carbonyl (C=O) groups excluding carboxylic acids is 2. The number of nitrogens with zero attached hydrogens (tertiary/aromatic N) is 1. The van der Waals surface area contributed by atoms with E-state index in [4.69, 9.17) is 4.74 Å². The van der Waals surface area contributed by atoms with Gasteiger partial charge in [0, 0.05) is 17.7 Å². The summed E-state index contributed by atoms with van der Waals surface area (Å²) in [7, 11) is -4.19. The van der Waals surface area contributed by atoms with Crippen molar-refractivity contribution < 1.29 is 27.9 Å². The Hall–Kier alpha value is -1.84. The molecule has 2 rings (SSSR count). The number of cyclic esters (lactones) is 1. The number of hydrogen-bond donors (Lipinski definition) is 1. The standard InChI is InChI=1S/C26H39NO6S2/c1-16-9-8-10-17(2)24(29)19(4)25(30)26(6,7)35(31,32)15-23(28)33-22(12-11-16)18(3)13-21-14-34-20(5)27-21/h11,13-14,17,19,22,24,29H,8-10,12,15H2,1-7H3/b16-11-,18-13+/t17-,19+,22-,24-/m0/s1. The molecule has 7 nitrogen and oxygen atoms in total. The molecular weight excluding hydrogens is 486 g/mol. The fraction of sp³-hybridized carbons (Fsp3) is 0.654. The lowest BCUT2D eigenvalue weighted by molar-refractivity contribution is -0.144. The first-order valence-electron chi connectivity index (χ1n) is 12.1. The van der Waals surface area contributed by atoms with Crippen LogP contribution in [0, 0.1) is 18.8 Å². The third kappa shape index (κ3) is 7.57. The van der Waals surface area contributed by atoms with Gasteiger partial charge in [0.15, 0.2) is 15.6 Å². The second kappa shape index (κ2) is 11.9. The minimum atomic E-state index is -4.19. The zero-order valence-corrected chi connectivity index (χ0v) is 23.5. The van der Waals surface area contributed by atoms with Gasteiger partial charge in [0.05, 0.1) is 16.8 Å². The lowest BCUT2D eigenvalue weighted by atomic mass is 9.83. The molecule has 0 aliphatic carbocycles. The van der Waals surface area contributed by atoms with Gasteiger partial charge in [0.1, 0.15) is 16.6 Å². The summed E-state index contributed by atoms with van der Waals surface area (Å²) in [6.45, 7) is 11.8. The fourth-order valence-electron chi connectivity index (χ4n) is 4.26. The summed E-state index contributed by atoms with van der Waals surface area (Å²) >= 11 is 1.52. The van der Waals surface area contributed by atoms with Gasteiger partial charge < -0.3 is 9.84 Å². The highest BCUT2D eigenvalue weighted by atomic mass is 32.2. The Morgan fingerprint density at radius 1 is 1.26 bits per heavy atom. The number of esters is 1. The minimum absolute atomic E-state index is 0.169. The smallest absolute Gasteiger partial charge is 0.321 e. The van der Waals surface area contributed by atoms with Crippen LogP contribution in [0.2, 0.25) is 0 Å². The average molecular weight is 526 g/mol. The summed E-state index contributed by atoms with van der Waals surface area (Å²) in [4.78, 5) is 30.4. The summed E-state index contributed by atoms with van der Waals surface area (Å²) in [5.41, 5.74) is 2.64. The number of aliphatic hydroxyl groups excluding tert-OH is 1. The number of ether oxygens (including phenoxy) is 1. The van der Waals surface area contributed by atoms with E-state index in [2.05, 4.69) is 4.98 Å². The van der Waals surface area contributed by atoms with Crippen LogP contribution in [-0.4, -0.2) is 53.0 Å². The average Bonchev–Trinajstić information content (AvgIpc) is 3.17. The van der Waals surface area contributed by atoms with Crippen molar-refractivity contribution in [1.29, 1.82) is 0 Å². The first-order valence-corrected chi connectivity index (χ1v) is 14.6. The van der Waals surface area contributed by atoms with E-state index in [1.807, 2.05) is 45.2 Å². The van der Waals surface area contributed by atoms with Crippen LogP contribution < -0.4 is 0 Å². The predicted molar refractivity (Wildman–Crippen MR) is 140 cm³/mol. The number of thiazole rings is 1. The summed E-state index contributed by atoms with van der Waals surface area (Å²) in [5, 5.41) is 13.6. The molecule has 0 saturated heterocycles. The number of ketones is 1. The summed E-state index contributed by atoms with van der Waals surface area (Å²) in [6.07, 6.45) is 4.98. The number of allylic oxidation sites excluding steroid dienone is 1. The molecule has 2 heterocycles. The van der Waals surface area contributed by atoms with Crippen molar-refractivity contribution in [3.05, 3.63) is 33.3 Å². The molecule has 1 N–H and O–H groups in total. The van der Waals surface area contributed by atoms with Gasteiger partial charge >= 0.3 is 5.97 Å². The van der Waals surface area contributed by atoms with Gasteiger partial charge in [-0.3, -0.25) is 9.59 Å². The lowest BCUT2D eigenvalue weighted by Crippen LogP contribution is -2.49. The maximum absolute atomic E-state index is 13.2. The Labute approximate surface area is 213 Å². The van der Waals surface area contributed by atoms with Gasteiger partial charge in [-0.15, -0.1) is 11.3 Å². The molecule has 35 heavy (non-hydrogen) atoms. The van der Waals surface area contributed by atoms with Crippen LogP contribution in [0.3, 0.4) is 0 Å². The minimum Gasteiger partial charge on any atom is -0.457 e. The molecule has 1 aromatic rings. The SMILES string of the molecule is C/C1=C/C[C@@H](/C(C)=C/c2csc(C)n2)OC(=O)CS(=O)(=O)C(C)(C)C(=O)[C@H](C)[C@@H](O)[C@@H](C)CCC1. The number of hydrogen-bond acceptors (Lipinski definition) is 8. The molecule has 0 fully saturated rings. The summed E-state index contributed by atoms with van der Waals surface area (Å²) in [5.74, 6) is -3.46. The van der Waals surface area contributed by atoms with E-state index in [1.165, 1.54) is 25.2 Å². The Bertz CT molecular complexity index is 1080. The third-order valence-corrected chi connectivity index (χ3v) is 10.1. The van der Waals surface area contributed by atoms with Crippen molar-refractivity contribution >= 4 is 39.0 Å². The normalized spacial score (nSPS) is 30.9. The number of rotatable bonds is 2. The second-order valence-electron chi connectivity index (χ2n) is 10.2. The molecule has 0 radical (unpaired) electrons. The summed E-state index contributed by atoms with van der Waals surface area (Å²) < 4.78 is 30.1. The lowest BCUT2D eigenvalue weighted by Gasteiger charge is -2.31. The molecule has 0 amide bonds. The Morgan fingerprint density at radius 2 is 1.91 bits per heavy atom. The van der Waals surface area contributed by atoms with Crippen LogP contribution in [0.25, 0.3) is 6.08 Å². The highest BCUT2D eigenvalue weighted by Crippen LogP contribution is 2.29. The third-order valence-electron chi connectivity index (χ3n) is 6.89. The van der Waals surface area contributed by atoms with Gasteiger partial charge in [-0.1, -0.05) is 25.5 Å². The Balaban J connectivity index is 2.41. The number of aromatic nitrogens is 1. The van der Waals surface area contributed by atoms with Crippen molar-refractivity contribution in [2.45, 2.75) is 91.1 Å². The first kappa shape index (κ1) is 29.4. The van der Waals surface area contributed by atoms with Gasteiger partial charge in [0.25, 0.3) is 0 Å². The molecule has 1 aliphatic heterocycles. The van der Waals surface area contributed by atoms with E-state index in [9.17, 15) is 23.1 Å². The molecule has 1 aromatic heterocycles. The maximum atomic E-state index is 13.2. The van der Waals surface area contributed by atoms with Crippen molar-refractivity contribution in [2.75, 3.05) is 5.75 Å². The van der Waals surface area contributed by atoms with E-state index in [0.29, 0.717) is 12.8 Å². The molecule has 9 heteroatoms. The maximum Gasteiger partial charge on any atom is 0.321 e. The Kier molecular flexibility index (Phi) is 10.0. The van der Waals surface area contributed by atoms with Crippen molar-refractivity contribution in [1.82, 2.24) is 4.98 Å². The van der Waals surface area contributed by atoms with Crippen molar-refractivity contribution in [3.63, 3.8) is 0 Å². The van der Waals surface area contributed by atoms with E-state index in [0.717, 1.165) is 34.7 Å². The Morgan fingerprint density at radius 3 is 2.51 bits per heavy atom. The molecule has 0 bridgehead atoms. The second-order valence-corrected chi connectivity index (χ2v) is 13.8. The number of aryl methyl sites for hydroxylation is 1. The quantitative estimate of drug-likeness (QED) is 0.441. The zero-order valence-electron chi connectivity index (χ0n) is 21.8. The topological polar surface area (TPSA) is 111 Å². The fourth-order valence-corrected chi connectivity index (χ4v) is 6.06. The molecule has 196 valence electrons. The van der Waals surface area contributed by atoms with Crippen molar-refractivity contribution in [2.24, 2.45) is 11.8 Å². The molecule has 0 aromatic carbocycles. The van der Waals surface area contributed by atoms with Crippen LogP contribution in [-0.2, 0) is 24.2 Å². The molecule has 0 spiro atoms. The van der Waals surface area contributed by atoms with E-state index in [-0.39, 0.29) is 5.92 Å². The van der Waals surface area contributed by atoms with Crippen molar-refractivity contribution in [3.8, 4) is 0 Å². The van der Waals surface area contributed by atoms with Gasteiger partial charge in [-0.2, -0.15) is 0 Å². The van der Waals surface area contributed by atoms with Gasteiger partial charge in [-0.05, 0) is 71.4 Å². The van der Waals surface area contributed by atoms with E-state index >= 15 is 0 Å². The van der Waals surface area contributed by atoms with Crippen LogP contribution in [0.15, 0.2) is 22.6 Å². The van der Waals surface area contributed by atoms with E-state index < -0.39 is 50.2 Å². The molecule has 4 atom stereocenters. The van der Waals surface area contributed by atoms with Crippen LogP contribution in [0.5, 0.6) is 0 Å². The van der Waals surface area contributed by atoms with Gasteiger partial charge in [0.2, 0.25) is 0 Å². The molecule has 1 aliphatic rings. The predicted octanol–water partition coefficient (Wildman–Crippen LogP) is 4.68. The highest BCUT2D eigenvalue weighted by Gasteiger charge is 2.46. The van der Waals surface area contributed by atoms with Crippen LogP contribution in [0.1, 0.15) is 77.9 Å². The van der Waals surface area contributed by atoms with E-state index in [1.54, 1.807) is 6.92 Å². The monoisotopic (exact) mass is 525 g/mol. The number of carbonyl (C=O) groups is 2. The first-order chi connectivity index (χ1) is 16.2. The number of Topliss-reactive ketones (excluding diaryl/α,β-unsaturated/α-hetero) is 1. The molecule has 0 unspecified atom stereocenters.